The Labute approximate surface area is 91.6 Å². The van der Waals surface area contributed by atoms with Gasteiger partial charge in [-0.15, -0.1) is 0 Å². The van der Waals surface area contributed by atoms with Gasteiger partial charge in [-0.25, -0.2) is 0 Å². The van der Waals surface area contributed by atoms with Gasteiger partial charge in [0.1, 0.15) is 0 Å². The van der Waals surface area contributed by atoms with Crippen molar-refractivity contribution in [1.29, 1.82) is 5.26 Å². The average molecular weight is 212 g/mol. The first kappa shape index (κ1) is 13.9. The predicted molar refractivity (Wildman–Crippen MR) is 58.2 cm³/mol. The van der Waals surface area contributed by atoms with E-state index < -0.39 is 0 Å². The molecule has 86 valence electrons. The number of amides is 1. The molecule has 0 saturated heterocycles. The van der Waals surface area contributed by atoms with E-state index in [4.69, 9.17) is 10.00 Å². The van der Waals surface area contributed by atoms with Gasteiger partial charge in [-0.2, -0.15) is 5.26 Å². The first-order chi connectivity index (χ1) is 7.24. The number of nitriles is 1. The number of hydrogen-bond donors (Lipinski definition) is 1. The standard InChI is InChI=1S/C11H20N2O2/c1-3-10(7-8-12)13-11(14)6-5-9-15-4-2/h10H,3-7,9H2,1-2H3,(H,13,14). The molecule has 0 heterocycles. The highest BCUT2D eigenvalue weighted by Gasteiger charge is 2.09. The molecule has 0 aromatic heterocycles. The summed E-state index contributed by atoms with van der Waals surface area (Å²) in [5, 5.41) is 11.3. The van der Waals surface area contributed by atoms with Crippen molar-refractivity contribution >= 4 is 5.91 Å². The van der Waals surface area contributed by atoms with Gasteiger partial charge in [-0.05, 0) is 19.8 Å². The third kappa shape index (κ3) is 7.95. The lowest BCUT2D eigenvalue weighted by molar-refractivity contribution is -0.122. The predicted octanol–water partition coefficient (Wildman–Crippen LogP) is 1.61. The number of hydrogen-bond acceptors (Lipinski definition) is 3. The van der Waals surface area contributed by atoms with E-state index in [0.717, 1.165) is 12.8 Å². The Hall–Kier alpha value is -1.08. The van der Waals surface area contributed by atoms with E-state index in [1.807, 2.05) is 13.8 Å². The van der Waals surface area contributed by atoms with Crippen LogP contribution in [-0.2, 0) is 9.53 Å². The Morgan fingerprint density at radius 1 is 1.53 bits per heavy atom. The van der Waals surface area contributed by atoms with Crippen LogP contribution >= 0.6 is 0 Å². The van der Waals surface area contributed by atoms with Crippen LogP contribution in [0.25, 0.3) is 0 Å². The Balaban J connectivity index is 3.58. The van der Waals surface area contributed by atoms with Crippen LogP contribution in [0, 0.1) is 11.3 Å². The van der Waals surface area contributed by atoms with E-state index >= 15 is 0 Å². The normalized spacial score (nSPS) is 11.8. The van der Waals surface area contributed by atoms with E-state index in [1.165, 1.54) is 0 Å². The smallest absolute Gasteiger partial charge is 0.220 e. The summed E-state index contributed by atoms with van der Waals surface area (Å²) in [6.45, 7) is 5.20. The molecule has 1 N–H and O–H groups in total. The summed E-state index contributed by atoms with van der Waals surface area (Å²) in [4.78, 5) is 11.4. The zero-order valence-corrected chi connectivity index (χ0v) is 9.58. The molecule has 15 heavy (non-hydrogen) atoms. The SMILES string of the molecule is CCOCCCC(=O)NC(CC)CC#N. The molecule has 4 nitrogen and oxygen atoms in total. The monoisotopic (exact) mass is 212 g/mol. The van der Waals surface area contributed by atoms with E-state index in [-0.39, 0.29) is 11.9 Å². The van der Waals surface area contributed by atoms with Crippen LogP contribution in [0.15, 0.2) is 0 Å². The molecule has 0 aliphatic rings. The fourth-order valence-electron chi connectivity index (χ4n) is 1.19. The minimum Gasteiger partial charge on any atom is -0.382 e. The van der Waals surface area contributed by atoms with E-state index in [1.54, 1.807) is 0 Å². The maximum atomic E-state index is 11.4. The molecule has 0 radical (unpaired) electrons. The highest BCUT2D eigenvalue weighted by Crippen LogP contribution is 1.98. The van der Waals surface area contributed by atoms with Crippen LogP contribution in [0.5, 0.6) is 0 Å². The van der Waals surface area contributed by atoms with Crippen LogP contribution in [0.3, 0.4) is 0 Å². The van der Waals surface area contributed by atoms with Gasteiger partial charge >= 0.3 is 0 Å². The number of ether oxygens (including phenoxy) is 1. The van der Waals surface area contributed by atoms with Gasteiger partial charge in [0, 0.05) is 25.7 Å². The molecule has 0 aliphatic carbocycles. The quantitative estimate of drug-likeness (QED) is 0.622. The third-order valence-electron chi connectivity index (χ3n) is 2.09. The topological polar surface area (TPSA) is 62.1 Å². The van der Waals surface area contributed by atoms with Crippen molar-refractivity contribution in [2.75, 3.05) is 13.2 Å². The van der Waals surface area contributed by atoms with Crippen LogP contribution in [0.4, 0.5) is 0 Å². The van der Waals surface area contributed by atoms with E-state index in [2.05, 4.69) is 11.4 Å². The Bertz CT molecular complexity index is 211. The summed E-state index contributed by atoms with van der Waals surface area (Å²) in [5.74, 6) is 0.0109. The second-order valence-electron chi connectivity index (χ2n) is 3.34. The van der Waals surface area contributed by atoms with E-state index in [9.17, 15) is 4.79 Å². The van der Waals surface area contributed by atoms with Gasteiger partial charge in [-0.3, -0.25) is 4.79 Å². The summed E-state index contributed by atoms with van der Waals surface area (Å²) in [6, 6.07) is 2.06. The molecular formula is C11H20N2O2. The minimum atomic E-state index is -0.00501. The molecule has 0 rings (SSSR count). The minimum absolute atomic E-state index is 0.00501. The Morgan fingerprint density at radius 2 is 2.27 bits per heavy atom. The van der Waals surface area contributed by atoms with Gasteiger partial charge in [0.05, 0.1) is 12.5 Å². The molecule has 1 atom stereocenters. The Morgan fingerprint density at radius 3 is 2.80 bits per heavy atom. The zero-order chi connectivity index (χ0) is 11.5. The van der Waals surface area contributed by atoms with Crippen molar-refractivity contribution in [2.45, 2.75) is 45.6 Å². The first-order valence-electron chi connectivity index (χ1n) is 5.48. The number of rotatable bonds is 8. The van der Waals surface area contributed by atoms with Crippen molar-refractivity contribution in [1.82, 2.24) is 5.32 Å². The number of carbonyl (C=O) groups is 1. The zero-order valence-electron chi connectivity index (χ0n) is 9.58. The van der Waals surface area contributed by atoms with Crippen LogP contribution in [-0.4, -0.2) is 25.2 Å². The number of nitrogens with one attached hydrogen (secondary N) is 1. The molecule has 1 amide bonds. The molecule has 1 unspecified atom stereocenters. The highest BCUT2D eigenvalue weighted by molar-refractivity contribution is 5.76. The highest BCUT2D eigenvalue weighted by atomic mass is 16.5. The number of nitrogens with zero attached hydrogens (tertiary/aromatic N) is 1. The summed E-state index contributed by atoms with van der Waals surface area (Å²) < 4.78 is 5.13. The molecule has 0 aliphatic heterocycles. The summed E-state index contributed by atoms with van der Waals surface area (Å²) in [7, 11) is 0. The Kier molecular flexibility index (Phi) is 8.79. The van der Waals surface area contributed by atoms with Crippen LogP contribution < -0.4 is 5.32 Å². The summed E-state index contributed by atoms with van der Waals surface area (Å²) in [6.07, 6.45) is 2.39. The fraction of sp³-hybridized carbons (Fsp3) is 0.818. The van der Waals surface area contributed by atoms with Crippen molar-refractivity contribution in [3.05, 3.63) is 0 Å². The second kappa shape index (κ2) is 9.47. The molecule has 0 bridgehead atoms. The van der Waals surface area contributed by atoms with Gasteiger partial charge < -0.3 is 10.1 Å². The van der Waals surface area contributed by atoms with Crippen LogP contribution in [0.2, 0.25) is 0 Å². The molecule has 0 spiro atoms. The van der Waals surface area contributed by atoms with Crippen molar-refractivity contribution in [3.63, 3.8) is 0 Å². The van der Waals surface area contributed by atoms with Crippen LogP contribution in [0.1, 0.15) is 39.5 Å². The lowest BCUT2D eigenvalue weighted by atomic mass is 10.1. The largest absolute Gasteiger partial charge is 0.382 e. The molecule has 0 aromatic rings. The van der Waals surface area contributed by atoms with Crippen molar-refractivity contribution < 1.29 is 9.53 Å². The first-order valence-corrected chi connectivity index (χ1v) is 5.48. The van der Waals surface area contributed by atoms with Gasteiger partial charge in [0.15, 0.2) is 0 Å². The average Bonchev–Trinajstić information content (AvgIpc) is 2.24. The molecule has 0 saturated carbocycles. The molecule has 4 heteroatoms. The van der Waals surface area contributed by atoms with Crippen molar-refractivity contribution in [3.8, 4) is 6.07 Å². The maximum Gasteiger partial charge on any atom is 0.220 e. The molecule has 0 aromatic carbocycles. The fourth-order valence-corrected chi connectivity index (χ4v) is 1.19. The maximum absolute atomic E-state index is 11.4. The number of carbonyl (C=O) groups excluding carboxylic acids is 1. The second-order valence-corrected chi connectivity index (χ2v) is 3.34. The van der Waals surface area contributed by atoms with E-state index in [0.29, 0.717) is 26.1 Å². The lowest BCUT2D eigenvalue weighted by Gasteiger charge is -2.13. The lowest BCUT2D eigenvalue weighted by Crippen LogP contribution is -2.34. The third-order valence-corrected chi connectivity index (χ3v) is 2.09. The summed E-state index contributed by atoms with van der Waals surface area (Å²) >= 11 is 0. The molecule has 0 fully saturated rings. The molecular weight excluding hydrogens is 192 g/mol. The van der Waals surface area contributed by atoms with Gasteiger partial charge in [0.2, 0.25) is 5.91 Å². The van der Waals surface area contributed by atoms with Gasteiger partial charge in [0.25, 0.3) is 0 Å². The van der Waals surface area contributed by atoms with Gasteiger partial charge in [-0.1, -0.05) is 6.92 Å². The van der Waals surface area contributed by atoms with Crippen molar-refractivity contribution in [2.24, 2.45) is 0 Å². The summed E-state index contributed by atoms with van der Waals surface area (Å²) in [5.41, 5.74) is 0.